The van der Waals surface area contributed by atoms with Gasteiger partial charge in [-0.2, -0.15) is 0 Å². The zero-order valence-electron chi connectivity index (χ0n) is 13.7. The molecule has 0 aromatic rings. The van der Waals surface area contributed by atoms with Gasteiger partial charge in [-0.05, 0) is 38.3 Å². The SMILES string of the molecule is CC.CCC(=O)NC(CCN1CCCCC1)C(C)C. The molecule has 3 heteroatoms. The first kappa shape index (κ1) is 18.4. The predicted octanol–water partition coefficient (Wildman–Crippen LogP) is 3.44. The second-order valence-electron chi connectivity index (χ2n) is 5.46. The van der Waals surface area contributed by atoms with E-state index in [4.69, 9.17) is 0 Å². The summed E-state index contributed by atoms with van der Waals surface area (Å²) in [6.07, 6.45) is 5.74. The average Bonchev–Trinajstić information content (AvgIpc) is 2.46. The number of likely N-dealkylation sites (tertiary alicyclic amines) is 1. The monoisotopic (exact) mass is 270 g/mol. The number of rotatable bonds is 6. The molecule has 0 radical (unpaired) electrons. The van der Waals surface area contributed by atoms with Gasteiger partial charge >= 0.3 is 0 Å². The number of carbonyl (C=O) groups is 1. The molecule has 1 saturated heterocycles. The summed E-state index contributed by atoms with van der Waals surface area (Å²) in [5, 5.41) is 3.14. The van der Waals surface area contributed by atoms with Crippen molar-refractivity contribution in [1.29, 1.82) is 0 Å². The Bertz CT molecular complexity index is 223. The van der Waals surface area contributed by atoms with Crippen LogP contribution in [0.4, 0.5) is 0 Å². The fourth-order valence-electron chi connectivity index (χ4n) is 2.39. The maximum Gasteiger partial charge on any atom is 0.219 e. The standard InChI is InChI=1S/C14H28N2O.C2H6/c1-4-14(17)15-13(12(2)3)8-11-16-9-6-5-7-10-16;1-2/h12-13H,4-11H2,1-3H3,(H,15,17);1-2H3. The number of amides is 1. The molecule has 19 heavy (non-hydrogen) atoms. The van der Waals surface area contributed by atoms with Crippen LogP contribution in [0.5, 0.6) is 0 Å². The van der Waals surface area contributed by atoms with E-state index in [2.05, 4.69) is 24.1 Å². The van der Waals surface area contributed by atoms with Crippen LogP contribution >= 0.6 is 0 Å². The second kappa shape index (κ2) is 11.3. The van der Waals surface area contributed by atoms with Gasteiger partial charge in [0.1, 0.15) is 0 Å². The lowest BCUT2D eigenvalue weighted by Gasteiger charge is -2.29. The summed E-state index contributed by atoms with van der Waals surface area (Å²) in [6.45, 7) is 13.9. The molecule has 1 heterocycles. The van der Waals surface area contributed by atoms with Crippen molar-refractivity contribution < 1.29 is 4.79 Å². The normalized spacial score (nSPS) is 17.6. The molecule has 0 aliphatic carbocycles. The van der Waals surface area contributed by atoms with Gasteiger partial charge in [-0.1, -0.05) is 41.0 Å². The molecule has 1 rings (SSSR count). The minimum Gasteiger partial charge on any atom is -0.353 e. The summed E-state index contributed by atoms with van der Waals surface area (Å²) in [6, 6.07) is 0.337. The highest BCUT2D eigenvalue weighted by Gasteiger charge is 2.17. The molecule has 0 saturated carbocycles. The molecular formula is C16H34N2O. The minimum absolute atomic E-state index is 0.183. The highest BCUT2D eigenvalue weighted by Crippen LogP contribution is 2.12. The summed E-state index contributed by atoms with van der Waals surface area (Å²) in [4.78, 5) is 14.0. The van der Waals surface area contributed by atoms with Crippen LogP contribution in [0.1, 0.15) is 66.7 Å². The van der Waals surface area contributed by atoms with E-state index in [1.165, 1.54) is 32.4 Å². The summed E-state index contributed by atoms with van der Waals surface area (Å²) < 4.78 is 0. The van der Waals surface area contributed by atoms with Crippen LogP contribution in [0.15, 0.2) is 0 Å². The highest BCUT2D eigenvalue weighted by molar-refractivity contribution is 5.75. The largest absolute Gasteiger partial charge is 0.353 e. The Kier molecular flexibility index (Phi) is 10.9. The van der Waals surface area contributed by atoms with Gasteiger partial charge in [-0.3, -0.25) is 4.79 Å². The van der Waals surface area contributed by atoms with Gasteiger partial charge in [-0.15, -0.1) is 0 Å². The molecule has 0 bridgehead atoms. The number of nitrogens with one attached hydrogen (secondary N) is 1. The van der Waals surface area contributed by atoms with Crippen molar-refractivity contribution in [2.24, 2.45) is 5.92 Å². The summed E-state index contributed by atoms with van der Waals surface area (Å²) >= 11 is 0. The van der Waals surface area contributed by atoms with Gasteiger partial charge in [0.25, 0.3) is 0 Å². The summed E-state index contributed by atoms with van der Waals surface area (Å²) in [5.41, 5.74) is 0. The lowest BCUT2D eigenvalue weighted by Crippen LogP contribution is -2.41. The fourth-order valence-corrected chi connectivity index (χ4v) is 2.39. The van der Waals surface area contributed by atoms with Crippen LogP contribution in [0.2, 0.25) is 0 Å². The molecular weight excluding hydrogens is 236 g/mol. The lowest BCUT2D eigenvalue weighted by atomic mass is 10.00. The van der Waals surface area contributed by atoms with Crippen molar-refractivity contribution in [3.8, 4) is 0 Å². The van der Waals surface area contributed by atoms with Gasteiger partial charge in [0.15, 0.2) is 0 Å². The molecule has 3 nitrogen and oxygen atoms in total. The van der Waals surface area contributed by atoms with Crippen molar-refractivity contribution in [2.75, 3.05) is 19.6 Å². The van der Waals surface area contributed by atoms with Crippen molar-refractivity contribution in [1.82, 2.24) is 10.2 Å². The number of hydrogen-bond acceptors (Lipinski definition) is 2. The molecule has 0 spiro atoms. The summed E-state index contributed by atoms with van der Waals surface area (Å²) in [5.74, 6) is 0.706. The van der Waals surface area contributed by atoms with E-state index in [-0.39, 0.29) is 5.91 Å². The van der Waals surface area contributed by atoms with E-state index in [9.17, 15) is 4.79 Å². The molecule has 1 N–H and O–H groups in total. The van der Waals surface area contributed by atoms with Crippen molar-refractivity contribution in [2.45, 2.75) is 72.8 Å². The van der Waals surface area contributed by atoms with Crippen LogP contribution < -0.4 is 5.32 Å². The molecule has 1 unspecified atom stereocenters. The van der Waals surface area contributed by atoms with Crippen LogP contribution in [0.3, 0.4) is 0 Å². The smallest absolute Gasteiger partial charge is 0.219 e. The zero-order chi connectivity index (χ0) is 14.7. The first-order valence-corrected chi connectivity index (χ1v) is 8.15. The second-order valence-corrected chi connectivity index (χ2v) is 5.46. The Labute approximate surface area is 120 Å². The molecule has 0 aromatic heterocycles. The van der Waals surface area contributed by atoms with E-state index >= 15 is 0 Å². The van der Waals surface area contributed by atoms with Gasteiger partial charge in [0.05, 0.1) is 0 Å². The topological polar surface area (TPSA) is 32.3 Å². The third-order valence-electron chi connectivity index (χ3n) is 3.68. The summed E-state index contributed by atoms with van der Waals surface area (Å²) in [7, 11) is 0. The van der Waals surface area contributed by atoms with E-state index in [1.54, 1.807) is 0 Å². The van der Waals surface area contributed by atoms with Crippen LogP contribution in [0, 0.1) is 5.92 Å². The van der Waals surface area contributed by atoms with E-state index in [0.717, 1.165) is 13.0 Å². The Morgan fingerprint density at radius 2 is 1.74 bits per heavy atom. The lowest BCUT2D eigenvalue weighted by molar-refractivity contribution is -0.121. The average molecular weight is 270 g/mol. The van der Waals surface area contributed by atoms with Crippen molar-refractivity contribution >= 4 is 5.91 Å². The number of nitrogens with zero attached hydrogens (tertiary/aromatic N) is 1. The van der Waals surface area contributed by atoms with Gasteiger partial charge in [-0.25, -0.2) is 0 Å². The Hall–Kier alpha value is -0.570. The van der Waals surface area contributed by atoms with Gasteiger partial charge in [0.2, 0.25) is 5.91 Å². The zero-order valence-corrected chi connectivity index (χ0v) is 13.7. The number of carbonyl (C=O) groups excluding carboxylic acids is 1. The maximum absolute atomic E-state index is 11.5. The van der Waals surface area contributed by atoms with Crippen molar-refractivity contribution in [3.05, 3.63) is 0 Å². The van der Waals surface area contributed by atoms with Crippen molar-refractivity contribution in [3.63, 3.8) is 0 Å². The molecule has 114 valence electrons. The van der Waals surface area contributed by atoms with Gasteiger partial charge in [0, 0.05) is 19.0 Å². The predicted molar refractivity (Wildman–Crippen MR) is 83.3 cm³/mol. The van der Waals surface area contributed by atoms with Crippen LogP contribution in [0.25, 0.3) is 0 Å². The first-order valence-electron chi connectivity index (χ1n) is 8.15. The Morgan fingerprint density at radius 3 is 2.21 bits per heavy atom. The Morgan fingerprint density at radius 1 is 1.16 bits per heavy atom. The first-order chi connectivity index (χ1) is 9.13. The Balaban J connectivity index is 0.00000154. The minimum atomic E-state index is 0.183. The van der Waals surface area contributed by atoms with Crippen LogP contribution in [-0.2, 0) is 4.79 Å². The van der Waals surface area contributed by atoms with E-state index in [0.29, 0.717) is 18.4 Å². The van der Waals surface area contributed by atoms with E-state index in [1.807, 2.05) is 20.8 Å². The maximum atomic E-state index is 11.5. The molecule has 1 aliphatic rings. The number of hydrogen-bond donors (Lipinski definition) is 1. The molecule has 1 amide bonds. The van der Waals surface area contributed by atoms with E-state index < -0.39 is 0 Å². The highest BCUT2D eigenvalue weighted by atomic mass is 16.1. The fraction of sp³-hybridized carbons (Fsp3) is 0.938. The molecule has 1 aliphatic heterocycles. The van der Waals surface area contributed by atoms with Gasteiger partial charge < -0.3 is 10.2 Å². The quantitative estimate of drug-likeness (QED) is 0.802. The third kappa shape index (κ3) is 8.25. The molecule has 0 aromatic carbocycles. The molecule has 1 atom stereocenters. The number of piperidine rings is 1. The van der Waals surface area contributed by atoms with Crippen LogP contribution in [-0.4, -0.2) is 36.5 Å². The third-order valence-corrected chi connectivity index (χ3v) is 3.68. The molecule has 1 fully saturated rings.